The van der Waals surface area contributed by atoms with Gasteiger partial charge < -0.3 is 10.2 Å². The Morgan fingerprint density at radius 2 is 2.38 bits per heavy atom. The van der Waals surface area contributed by atoms with Crippen molar-refractivity contribution in [2.45, 2.75) is 19.5 Å². The van der Waals surface area contributed by atoms with Crippen molar-refractivity contribution in [1.82, 2.24) is 30.2 Å². The van der Waals surface area contributed by atoms with Crippen LogP contribution in [0.25, 0.3) is 0 Å². The largest absolute Gasteiger partial charge is 0.332 e. The number of carbonyl (C=O) groups excluding carboxylic acids is 1. The summed E-state index contributed by atoms with van der Waals surface area (Å²) >= 11 is 0. The molecule has 0 radical (unpaired) electrons. The molecule has 0 spiro atoms. The molecule has 1 aliphatic heterocycles. The highest BCUT2D eigenvalue weighted by molar-refractivity contribution is 5.92. The molecule has 3 heterocycles. The Bertz CT molecular complexity index is 611. The van der Waals surface area contributed by atoms with Gasteiger partial charge >= 0.3 is 0 Å². The van der Waals surface area contributed by atoms with E-state index in [1.165, 1.54) is 0 Å². The molecule has 2 aromatic rings. The van der Waals surface area contributed by atoms with E-state index >= 15 is 0 Å². The average molecular weight is 286 g/mol. The van der Waals surface area contributed by atoms with Crippen molar-refractivity contribution in [3.05, 3.63) is 42.0 Å². The number of amides is 1. The molecule has 1 fully saturated rings. The zero-order chi connectivity index (χ0) is 14.7. The number of aromatic nitrogens is 4. The minimum Gasteiger partial charge on any atom is -0.332 e. The fourth-order valence-electron chi connectivity index (χ4n) is 2.42. The summed E-state index contributed by atoms with van der Waals surface area (Å²) in [5.41, 5.74) is 1.27. The van der Waals surface area contributed by atoms with Crippen LogP contribution in [0.3, 0.4) is 0 Å². The van der Waals surface area contributed by atoms with E-state index in [0.29, 0.717) is 18.8 Å². The van der Waals surface area contributed by atoms with Crippen LogP contribution in [0.15, 0.2) is 30.6 Å². The van der Waals surface area contributed by atoms with E-state index in [1.807, 2.05) is 30.0 Å². The quantitative estimate of drug-likeness (QED) is 0.869. The van der Waals surface area contributed by atoms with E-state index in [0.717, 1.165) is 18.8 Å². The summed E-state index contributed by atoms with van der Waals surface area (Å²) in [5.74, 6) is -0.0590. The second kappa shape index (κ2) is 6.01. The van der Waals surface area contributed by atoms with E-state index in [4.69, 9.17) is 0 Å². The van der Waals surface area contributed by atoms with Gasteiger partial charge in [-0.3, -0.25) is 9.78 Å². The predicted octanol–water partition coefficient (Wildman–Crippen LogP) is 0.155. The summed E-state index contributed by atoms with van der Waals surface area (Å²) in [5, 5.41) is 11.3. The van der Waals surface area contributed by atoms with Gasteiger partial charge in [-0.1, -0.05) is 11.3 Å². The number of nitrogens with zero attached hydrogens (tertiary/aromatic N) is 5. The molecular weight excluding hydrogens is 268 g/mol. The molecule has 0 bridgehead atoms. The highest BCUT2D eigenvalue weighted by Gasteiger charge is 2.25. The van der Waals surface area contributed by atoms with Crippen LogP contribution in [0.2, 0.25) is 0 Å². The number of hydrogen-bond donors (Lipinski definition) is 1. The van der Waals surface area contributed by atoms with Crippen molar-refractivity contribution < 1.29 is 4.79 Å². The Hall–Kier alpha value is -2.28. The third kappa shape index (κ3) is 3.08. The molecule has 7 nitrogen and oxygen atoms in total. The minimum atomic E-state index is -0.0590. The molecular formula is C14H18N6O. The van der Waals surface area contributed by atoms with E-state index in [1.54, 1.807) is 17.1 Å². The average Bonchev–Trinajstić information content (AvgIpc) is 2.97. The number of rotatable bonds is 3. The normalized spacial score (nSPS) is 18.7. The van der Waals surface area contributed by atoms with E-state index in [-0.39, 0.29) is 11.9 Å². The molecule has 1 saturated heterocycles. The number of pyridine rings is 1. The maximum absolute atomic E-state index is 12.4. The van der Waals surface area contributed by atoms with E-state index < -0.39 is 0 Å². The van der Waals surface area contributed by atoms with Crippen LogP contribution in [0.4, 0.5) is 0 Å². The predicted molar refractivity (Wildman–Crippen MR) is 76.7 cm³/mol. The van der Waals surface area contributed by atoms with Crippen LogP contribution in [0.1, 0.15) is 23.1 Å². The van der Waals surface area contributed by atoms with E-state index in [9.17, 15) is 4.79 Å². The van der Waals surface area contributed by atoms with Gasteiger partial charge in [0.15, 0.2) is 5.69 Å². The lowest BCUT2D eigenvalue weighted by Gasteiger charge is -2.33. The van der Waals surface area contributed by atoms with Crippen molar-refractivity contribution >= 4 is 5.91 Å². The maximum atomic E-state index is 12.4. The van der Waals surface area contributed by atoms with Gasteiger partial charge in [0.25, 0.3) is 5.91 Å². The molecule has 3 rings (SSSR count). The summed E-state index contributed by atoms with van der Waals surface area (Å²) < 4.78 is 1.64. The lowest BCUT2D eigenvalue weighted by Crippen LogP contribution is -2.52. The van der Waals surface area contributed by atoms with Gasteiger partial charge in [-0.25, -0.2) is 4.68 Å². The van der Waals surface area contributed by atoms with Gasteiger partial charge in [0.1, 0.15) is 0 Å². The van der Waals surface area contributed by atoms with Crippen molar-refractivity contribution in [3.63, 3.8) is 0 Å². The molecule has 1 amide bonds. The molecule has 0 aliphatic carbocycles. The summed E-state index contributed by atoms with van der Waals surface area (Å²) in [6.07, 6.45) is 3.42. The van der Waals surface area contributed by atoms with E-state index in [2.05, 4.69) is 20.6 Å². The molecule has 0 aromatic carbocycles. The monoisotopic (exact) mass is 286 g/mol. The van der Waals surface area contributed by atoms with Crippen LogP contribution in [-0.4, -0.2) is 56.5 Å². The zero-order valence-electron chi connectivity index (χ0n) is 11.9. The van der Waals surface area contributed by atoms with Crippen LogP contribution in [0.5, 0.6) is 0 Å². The van der Waals surface area contributed by atoms with Crippen molar-refractivity contribution in [2.24, 2.45) is 0 Å². The first-order valence-corrected chi connectivity index (χ1v) is 7.06. The Labute approximate surface area is 123 Å². The molecule has 0 unspecified atom stereocenters. The smallest absolute Gasteiger partial charge is 0.276 e. The van der Waals surface area contributed by atoms with Crippen molar-refractivity contribution in [2.75, 3.05) is 19.6 Å². The first-order chi connectivity index (χ1) is 10.2. The van der Waals surface area contributed by atoms with Crippen molar-refractivity contribution in [1.29, 1.82) is 0 Å². The molecule has 21 heavy (non-hydrogen) atoms. The van der Waals surface area contributed by atoms with Crippen molar-refractivity contribution in [3.8, 4) is 0 Å². The van der Waals surface area contributed by atoms with Gasteiger partial charge in [0.2, 0.25) is 0 Å². The number of nitrogens with one attached hydrogen (secondary N) is 1. The van der Waals surface area contributed by atoms with Crippen LogP contribution < -0.4 is 5.32 Å². The molecule has 1 atom stereocenters. The lowest BCUT2D eigenvalue weighted by molar-refractivity contribution is 0.0649. The SMILES string of the molecule is C[C@@H]1CNCCN1C(=O)c1cn(Cc2ccccn2)nn1. The Morgan fingerprint density at radius 1 is 1.48 bits per heavy atom. The summed E-state index contributed by atoms with van der Waals surface area (Å²) in [7, 11) is 0. The van der Waals surface area contributed by atoms with Gasteiger partial charge in [0, 0.05) is 31.9 Å². The maximum Gasteiger partial charge on any atom is 0.276 e. The van der Waals surface area contributed by atoms with Gasteiger partial charge in [-0.2, -0.15) is 0 Å². The van der Waals surface area contributed by atoms with Gasteiger partial charge in [0.05, 0.1) is 18.4 Å². The van der Waals surface area contributed by atoms with Gasteiger partial charge in [-0.05, 0) is 19.1 Å². The van der Waals surface area contributed by atoms with Crippen LogP contribution >= 0.6 is 0 Å². The fraction of sp³-hybridized carbons (Fsp3) is 0.429. The van der Waals surface area contributed by atoms with Crippen LogP contribution in [-0.2, 0) is 6.54 Å². The number of piperazine rings is 1. The number of hydrogen-bond acceptors (Lipinski definition) is 5. The molecule has 1 aliphatic rings. The highest BCUT2D eigenvalue weighted by atomic mass is 16.2. The summed E-state index contributed by atoms with van der Waals surface area (Å²) in [4.78, 5) is 18.5. The Kier molecular flexibility index (Phi) is 3.92. The first-order valence-electron chi connectivity index (χ1n) is 7.06. The minimum absolute atomic E-state index is 0.0590. The Morgan fingerprint density at radius 3 is 3.14 bits per heavy atom. The number of carbonyl (C=O) groups is 1. The van der Waals surface area contributed by atoms with Crippen LogP contribution in [0, 0.1) is 0 Å². The second-order valence-corrected chi connectivity index (χ2v) is 5.17. The fourth-order valence-corrected chi connectivity index (χ4v) is 2.42. The first kappa shape index (κ1) is 13.7. The topological polar surface area (TPSA) is 75.9 Å². The standard InChI is InChI=1S/C14H18N6O/c1-11-8-15-6-7-20(11)14(21)13-10-19(18-17-13)9-12-4-2-3-5-16-12/h2-5,10-11,15H,6-9H2,1H3/t11-/m1/s1. The zero-order valence-corrected chi connectivity index (χ0v) is 11.9. The highest BCUT2D eigenvalue weighted by Crippen LogP contribution is 2.08. The van der Waals surface area contributed by atoms with Gasteiger partial charge in [-0.15, -0.1) is 5.10 Å². The molecule has 1 N–H and O–H groups in total. The Balaban J connectivity index is 1.71. The molecule has 110 valence electrons. The molecule has 7 heteroatoms. The molecule has 2 aromatic heterocycles. The molecule has 0 saturated carbocycles. The second-order valence-electron chi connectivity index (χ2n) is 5.17. The summed E-state index contributed by atoms with van der Waals surface area (Å²) in [6, 6.07) is 5.88. The summed E-state index contributed by atoms with van der Waals surface area (Å²) in [6.45, 7) is 4.87. The third-order valence-corrected chi connectivity index (χ3v) is 3.57. The third-order valence-electron chi connectivity index (χ3n) is 3.57. The lowest BCUT2D eigenvalue weighted by atomic mass is 10.2.